The molecule has 0 aliphatic carbocycles. The van der Waals surface area contributed by atoms with E-state index in [-0.39, 0.29) is 32.6 Å². The highest BCUT2D eigenvalue weighted by molar-refractivity contribution is 6.44. The largest absolute Gasteiger partial charge is 0.478 e. The van der Waals surface area contributed by atoms with Crippen molar-refractivity contribution in [3.8, 4) is 17.4 Å². The third-order valence-electron chi connectivity index (χ3n) is 3.89. The summed E-state index contributed by atoms with van der Waals surface area (Å²) in [5.74, 6) is -0.945. The second-order valence-corrected chi connectivity index (χ2v) is 6.60. The van der Waals surface area contributed by atoms with Crippen molar-refractivity contribution in [2.75, 3.05) is 5.32 Å². The average molecular weight is 427 g/mol. The second-order valence-electron chi connectivity index (χ2n) is 5.81. The first kappa shape index (κ1) is 20.2. The number of carbonyl (C=O) groups is 2. The Hall–Kier alpha value is -3.53. The first-order valence-electron chi connectivity index (χ1n) is 8.20. The van der Waals surface area contributed by atoms with Crippen molar-refractivity contribution in [3.05, 3.63) is 81.5 Å². The third-order valence-corrected chi connectivity index (χ3v) is 4.71. The Morgan fingerprint density at radius 3 is 2.45 bits per heavy atom. The van der Waals surface area contributed by atoms with Crippen LogP contribution < -0.4 is 5.32 Å². The molecular formula is C21H12Cl2N2O4. The second kappa shape index (κ2) is 8.65. The predicted molar refractivity (Wildman–Crippen MR) is 110 cm³/mol. The zero-order valence-electron chi connectivity index (χ0n) is 14.6. The summed E-state index contributed by atoms with van der Waals surface area (Å²) in [7, 11) is 0. The molecule has 3 aromatic rings. The fourth-order valence-electron chi connectivity index (χ4n) is 2.44. The smallest absolute Gasteiger partial charge is 0.335 e. The molecule has 0 unspecified atom stereocenters. The van der Waals surface area contributed by atoms with Crippen LogP contribution in [-0.2, 0) is 4.79 Å². The normalized spacial score (nSPS) is 11.0. The highest BCUT2D eigenvalue weighted by Crippen LogP contribution is 2.30. The van der Waals surface area contributed by atoms with E-state index in [1.54, 1.807) is 42.5 Å². The number of amides is 1. The Morgan fingerprint density at radius 1 is 1.07 bits per heavy atom. The van der Waals surface area contributed by atoms with Crippen LogP contribution in [-0.4, -0.2) is 17.0 Å². The molecule has 0 fully saturated rings. The van der Waals surface area contributed by atoms with Crippen LogP contribution in [0.2, 0.25) is 10.0 Å². The van der Waals surface area contributed by atoms with Crippen LogP contribution >= 0.6 is 23.2 Å². The summed E-state index contributed by atoms with van der Waals surface area (Å²) in [5.41, 5.74) is 0.902. The molecular weight excluding hydrogens is 415 g/mol. The van der Waals surface area contributed by atoms with E-state index in [1.807, 2.05) is 6.07 Å². The summed E-state index contributed by atoms with van der Waals surface area (Å²) in [5, 5.41) is 21.3. The number of halogens is 2. The Balaban J connectivity index is 1.81. The van der Waals surface area contributed by atoms with Gasteiger partial charge in [0.1, 0.15) is 23.2 Å². The number of carboxylic acids is 1. The van der Waals surface area contributed by atoms with Crippen LogP contribution in [0.5, 0.6) is 0 Å². The summed E-state index contributed by atoms with van der Waals surface area (Å²) in [6.07, 6.45) is 1.29. The molecule has 1 amide bonds. The first-order valence-corrected chi connectivity index (χ1v) is 8.95. The number of furan rings is 1. The van der Waals surface area contributed by atoms with Crippen molar-refractivity contribution >= 4 is 46.8 Å². The molecule has 0 radical (unpaired) electrons. The fourth-order valence-corrected chi connectivity index (χ4v) is 2.79. The Bertz CT molecular complexity index is 1160. The fraction of sp³-hybridized carbons (Fsp3) is 0. The molecule has 0 aliphatic rings. The number of hydrogen-bond acceptors (Lipinski definition) is 4. The van der Waals surface area contributed by atoms with E-state index in [1.165, 1.54) is 18.2 Å². The van der Waals surface area contributed by atoms with Crippen LogP contribution in [0.15, 0.2) is 64.6 Å². The van der Waals surface area contributed by atoms with Gasteiger partial charge in [0.25, 0.3) is 5.91 Å². The number of carbonyl (C=O) groups excluding carboxylic acids is 1. The zero-order chi connectivity index (χ0) is 21.0. The average Bonchev–Trinajstić information content (AvgIpc) is 3.18. The lowest BCUT2D eigenvalue weighted by molar-refractivity contribution is -0.112. The van der Waals surface area contributed by atoms with Crippen molar-refractivity contribution in [2.24, 2.45) is 0 Å². The van der Waals surface area contributed by atoms with Crippen molar-refractivity contribution in [1.82, 2.24) is 0 Å². The number of nitriles is 1. The van der Waals surface area contributed by atoms with Crippen molar-refractivity contribution < 1.29 is 19.1 Å². The van der Waals surface area contributed by atoms with Gasteiger partial charge in [-0.1, -0.05) is 41.4 Å². The summed E-state index contributed by atoms with van der Waals surface area (Å²) >= 11 is 12.0. The topological polar surface area (TPSA) is 103 Å². The number of carboxylic acid groups (broad SMARTS) is 1. The third kappa shape index (κ3) is 4.66. The van der Waals surface area contributed by atoms with E-state index < -0.39 is 11.9 Å². The molecule has 0 spiro atoms. The van der Waals surface area contributed by atoms with Gasteiger partial charge >= 0.3 is 5.97 Å². The minimum atomic E-state index is -1.02. The van der Waals surface area contributed by atoms with Crippen LogP contribution in [0.1, 0.15) is 16.1 Å². The minimum absolute atomic E-state index is 0.156. The van der Waals surface area contributed by atoms with Gasteiger partial charge in [-0.25, -0.2) is 4.79 Å². The molecule has 144 valence electrons. The lowest BCUT2D eigenvalue weighted by atomic mass is 10.1. The summed E-state index contributed by atoms with van der Waals surface area (Å²) < 4.78 is 5.64. The lowest BCUT2D eigenvalue weighted by Gasteiger charge is -2.07. The van der Waals surface area contributed by atoms with E-state index in [0.29, 0.717) is 11.3 Å². The molecule has 1 heterocycles. The number of benzene rings is 2. The molecule has 8 heteroatoms. The highest BCUT2D eigenvalue weighted by atomic mass is 35.5. The Labute approximate surface area is 175 Å². The molecule has 0 saturated heterocycles. The number of hydrogen-bond donors (Lipinski definition) is 2. The van der Waals surface area contributed by atoms with Gasteiger partial charge in [0, 0.05) is 11.6 Å². The van der Waals surface area contributed by atoms with Gasteiger partial charge in [0.15, 0.2) is 0 Å². The molecule has 2 N–H and O–H groups in total. The van der Waals surface area contributed by atoms with E-state index in [4.69, 9.17) is 32.7 Å². The number of rotatable bonds is 5. The van der Waals surface area contributed by atoms with Crippen molar-refractivity contribution in [3.63, 3.8) is 0 Å². The number of nitrogens with one attached hydrogen (secondary N) is 1. The molecule has 2 aromatic carbocycles. The maximum Gasteiger partial charge on any atom is 0.335 e. The number of aromatic carboxylic acids is 1. The van der Waals surface area contributed by atoms with E-state index in [9.17, 15) is 14.9 Å². The number of anilines is 1. The quantitative estimate of drug-likeness (QED) is 0.414. The molecule has 1 aromatic heterocycles. The SMILES string of the molecule is N#C/C(=C\c1ccc(-c2ccc(C(=O)O)cc2)o1)C(=O)Nc1cccc(Cl)c1Cl. The highest BCUT2D eigenvalue weighted by Gasteiger charge is 2.14. The zero-order valence-corrected chi connectivity index (χ0v) is 16.2. The molecule has 0 bridgehead atoms. The van der Waals surface area contributed by atoms with Crippen LogP contribution in [0, 0.1) is 11.3 Å². The summed E-state index contributed by atoms with van der Waals surface area (Å²) in [4.78, 5) is 23.3. The molecule has 6 nitrogen and oxygen atoms in total. The van der Waals surface area contributed by atoms with Crippen molar-refractivity contribution in [2.45, 2.75) is 0 Å². The standard InChI is InChI=1S/C21H12Cl2N2O4/c22-16-2-1-3-17(19(16)23)25-20(26)14(11-24)10-15-8-9-18(29-15)12-4-6-13(7-5-12)21(27)28/h1-10H,(H,25,26)(H,27,28)/b14-10+. The summed E-state index contributed by atoms with van der Waals surface area (Å²) in [6, 6.07) is 16.0. The first-order chi connectivity index (χ1) is 13.9. The van der Waals surface area contributed by atoms with Gasteiger partial charge in [-0.05, 0) is 36.4 Å². The van der Waals surface area contributed by atoms with Gasteiger partial charge < -0.3 is 14.8 Å². The van der Waals surface area contributed by atoms with E-state index >= 15 is 0 Å². The minimum Gasteiger partial charge on any atom is -0.478 e. The maximum absolute atomic E-state index is 12.4. The molecule has 29 heavy (non-hydrogen) atoms. The summed E-state index contributed by atoms with van der Waals surface area (Å²) in [6.45, 7) is 0. The van der Waals surface area contributed by atoms with Gasteiger partial charge in [-0.2, -0.15) is 5.26 Å². The van der Waals surface area contributed by atoms with Crippen LogP contribution in [0.4, 0.5) is 5.69 Å². The van der Waals surface area contributed by atoms with Crippen molar-refractivity contribution in [1.29, 1.82) is 5.26 Å². The number of nitrogens with zero attached hydrogens (tertiary/aromatic N) is 1. The Kier molecular flexibility index (Phi) is 6.03. The van der Waals surface area contributed by atoms with Gasteiger partial charge in [0.05, 0.1) is 21.3 Å². The lowest BCUT2D eigenvalue weighted by Crippen LogP contribution is -2.13. The molecule has 0 aliphatic heterocycles. The van der Waals surface area contributed by atoms with Crippen LogP contribution in [0.25, 0.3) is 17.4 Å². The van der Waals surface area contributed by atoms with Gasteiger partial charge in [-0.15, -0.1) is 0 Å². The molecule has 3 rings (SSSR count). The van der Waals surface area contributed by atoms with E-state index in [0.717, 1.165) is 0 Å². The maximum atomic E-state index is 12.4. The van der Waals surface area contributed by atoms with Gasteiger partial charge in [0.2, 0.25) is 0 Å². The monoisotopic (exact) mass is 426 g/mol. The Morgan fingerprint density at radius 2 is 1.79 bits per heavy atom. The van der Waals surface area contributed by atoms with Gasteiger partial charge in [-0.3, -0.25) is 4.79 Å². The van der Waals surface area contributed by atoms with E-state index in [2.05, 4.69) is 5.32 Å². The van der Waals surface area contributed by atoms with Crippen LogP contribution in [0.3, 0.4) is 0 Å². The predicted octanol–water partition coefficient (Wildman–Crippen LogP) is 5.50. The molecule has 0 saturated carbocycles. The molecule has 0 atom stereocenters.